The van der Waals surface area contributed by atoms with Crippen molar-refractivity contribution in [1.82, 2.24) is 4.90 Å². The van der Waals surface area contributed by atoms with Crippen molar-refractivity contribution in [3.63, 3.8) is 0 Å². The summed E-state index contributed by atoms with van der Waals surface area (Å²) in [7, 11) is 0. The van der Waals surface area contributed by atoms with Crippen LogP contribution in [0, 0.1) is 5.92 Å². The van der Waals surface area contributed by atoms with Crippen LogP contribution in [-0.4, -0.2) is 35.0 Å². The monoisotopic (exact) mass is 197 g/mol. The molecule has 1 aliphatic heterocycles. The molecule has 0 unspecified atom stereocenters. The van der Waals surface area contributed by atoms with Crippen molar-refractivity contribution in [2.75, 3.05) is 13.1 Å². The topological polar surface area (TPSA) is 57.6 Å². The van der Waals surface area contributed by atoms with Crippen LogP contribution in [0.2, 0.25) is 0 Å². The molecule has 0 saturated carbocycles. The second kappa shape index (κ2) is 4.79. The fourth-order valence-corrected chi connectivity index (χ4v) is 1.48. The van der Waals surface area contributed by atoms with Crippen molar-refractivity contribution in [1.29, 1.82) is 0 Å². The number of piperidine rings is 1. The maximum Gasteiger partial charge on any atom is 0.328 e. The van der Waals surface area contributed by atoms with Crippen LogP contribution in [0.3, 0.4) is 0 Å². The van der Waals surface area contributed by atoms with Crippen LogP contribution in [-0.2, 0) is 9.59 Å². The zero-order chi connectivity index (χ0) is 10.6. The first-order valence-electron chi connectivity index (χ1n) is 4.79. The van der Waals surface area contributed by atoms with Gasteiger partial charge in [0.25, 0.3) is 0 Å². The van der Waals surface area contributed by atoms with Gasteiger partial charge in [0.15, 0.2) is 0 Å². The number of hydrogen-bond acceptors (Lipinski definition) is 2. The van der Waals surface area contributed by atoms with E-state index < -0.39 is 5.97 Å². The van der Waals surface area contributed by atoms with E-state index in [1.54, 1.807) is 4.90 Å². The Morgan fingerprint density at radius 2 is 1.86 bits per heavy atom. The van der Waals surface area contributed by atoms with Crippen molar-refractivity contribution >= 4 is 11.9 Å². The molecule has 78 valence electrons. The molecule has 1 saturated heterocycles. The number of carbonyl (C=O) groups is 2. The van der Waals surface area contributed by atoms with Gasteiger partial charge in [0.2, 0.25) is 5.91 Å². The van der Waals surface area contributed by atoms with Crippen LogP contribution < -0.4 is 0 Å². The predicted octanol–water partition coefficient (Wildman–Crippen LogP) is 0.886. The molecule has 1 amide bonds. The molecule has 0 aliphatic carbocycles. The Bertz CT molecular complexity index is 252. The van der Waals surface area contributed by atoms with Crippen molar-refractivity contribution in [3.8, 4) is 0 Å². The minimum Gasteiger partial charge on any atom is -0.478 e. The largest absolute Gasteiger partial charge is 0.478 e. The van der Waals surface area contributed by atoms with Crippen LogP contribution in [0.1, 0.15) is 19.8 Å². The lowest BCUT2D eigenvalue weighted by Gasteiger charge is -2.29. The number of carboxylic acids is 1. The zero-order valence-corrected chi connectivity index (χ0v) is 8.27. The van der Waals surface area contributed by atoms with Crippen LogP contribution >= 0.6 is 0 Å². The lowest BCUT2D eigenvalue weighted by atomic mass is 9.99. The summed E-state index contributed by atoms with van der Waals surface area (Å²) in [4.78, 5) is 23.3. The quantitative estimate of drug-likeness (QED) is 0.669. The van der Waals surface area contributed by atoms with Gasteiger partial charge in [0.05, 0.1) is 0 Å². The van der Waals surface area contributed by atoms with E-state index in [9.17, 15) is 9.59 Å². The van der Waals surface area contributed by atoms with E-state index in [2.05, 4.69) is 6.92 Å². The smallest absolute Gasteiger partial charge is 0.328 e. The number of rotatable bonds is 2. The van der Waals surface area contributed by atoms with Gasteiger partial charge in [0.1, 0.15) is 0 Å². The summed E-state index contributed by atoms with van der Waals surface area (Å²) in [6, 6.07) is 0. The lowest BCUT2D eigenvalue weighted by Crippen LogP contribution is -2.36. The summed E-state index contributed by atoms with van der Waals surface area (Å²) in [6.45, 7) is 3.64. The summed E-state index contributed by atoms with van der Waals surface area (Å²) in [5, 5.41) is 8.35. The molecule has 1 heterocycles. The van der Waals surface area contributed by atoms with Crippen molar-refractivity contribution in [2.24, 2.45) is 5.92 Å². The van der Waals surface area contributed by atoms with Gasteiger partial charge in [-0.05, 0) is 18.8 Å². The molecular weight excluding hydrogens is 182 g/mol. The van der Waals surface area contributed by atoms with Gasteiger partial charge in [-0.1, -0.05) is 6.92 Å². The molecule has 1 fully saturated rings. The number of nitrogens with zero attached hydrogens (tertiary/aromatic N) is 1. The second-order valence-electron chi connectivity index (χ2n) is 3.68. The fraction of sp³-hybridized carbons (Fsp3) is 0.600. The molecule has 1 N–H and O–H groups in total. The van der Waals surface area contributed by atoms with Gasteiger partial charge >= 0.3 is 5.97 Å². The maximum absolute atomic E-state index is 11.4. The van der Waals surface area contributed by atoms with E-state index in [1.165, 1.54) is 0 Å². The van der Waals surface area contributed by atoms with Crippen LogP contribution in [0.5, 0.6) is 0 Å². The average molecular weight is 197 g/mol. The Morgan fingerprint density at radius 1 is 1.29 bits per heavy atom. The maximum atomic E-state index is 11.4. The highest BCUT2D eigenvalue weighted by atomic mass is 16.4. The van der Waals surface area contributed by atoms with Gasteiger partial charge in [-0.15, -0.1) is 0 Å². The first-order valence-corrected chi connectivity index (χ1v) is 4.79. The summed E-state index contributed by atoms with van der Waals surface area (Å²) < 4.78 is 0. The molecule has 0 aromatic carbocycles. The number of aliphatic carboxylic acids is 1. The molecule has 1 rings (SSSR count). The number of carbonyl (C=O) groups excluding carboxylic acids is 1. The molecule has 4 nitrogen and oxygen atoms in total. The van der Waals surface area contributed by atoms with Gasteiger partial charge in [-0.3, -0.25) is 4.79 Å². The Labute approximate surface area is 83.2 Å². The van der Waals surface area contributed by atoms with E-state index in [4.69, 9.17) is 5.11 Å². The Hall–Kier alpha value is -1.32. The van der Waals surface area contributed by atoms with E-state index in [0.29, 0.717) is 5.92 Å². The molecule has 1 aliphatic rings. The molecular formula is C10H15NO3. The first kappa shape index (κ1) is 10.8. The van der Waals surface area contributed by atoms with Gasteiger partial charge in [0, 0.05) is 25.2 Å². The highest BCUT2D eigenvalue weighted by molar-refractivity contribution is 5.93. The third-order valence-corrected chi connectivity index (χ3v) is 2.46. The fourth-order valence-electron chi connectivity index (χ4n) is 1.48. The molecule has 4 heteroatoms. The van der Waals surface area contributed by atoms with E-state index in [0.717, 1.165) is 38.1 Å². The molecule has 0 spiro atoms. The summed E-state index contributed by atoms with van der Waals surface area (Å²) in [5.74, 6) is -0.606. The van der Waals surface area contributed by atoms with Crippen LogP contribution in [0.4, 0.5) is 0 Å². The highest BCUT2D eigenvalue weighted by Crippen LogP contribution is 2.15. The minimum absolute atomic E-state index is 0.195. The molecule has 0 radical (unpaired) electrons. The summed E-state index contributed by atoms with van der Waals surface area (Å²) in [5.41, 5.74) is 0. The standard InChI is InChI=1S/C10H15NO3/c1-8-4-6-11(7-5-8)9(12)2-3-10(13)14/h2-3,8H,4-7H2,1H3,(H,13,14). The van der Waals surface area contributed by atoms with Crippen LogP contribution in [0.15, 0.2) is 12.2 Å². The van der Waals surface area contributed by atoms with Crippen LogP contribution in [0.25, 0.3) is 0 Å². The van der Waals surface area contributed by atoms with E-state index in [-0.39, 0.29) is 5.91 Å². The van der Waals surface area contributed by atoms with Crippen molar-refractivity contribution in [3.05, 3.63) is 12.2 Å². The van der Waals surface area contributed by atoms with Crippen molar-refractivity contribution < 1.29 is 14.7 Å². The predicted molar refractivity (Wildman–Crippen MR) is 51.8 cm³/mol. The van der Waals surface area contributed by atoms with Gasteiger partial charge < -0.3 is 10.0 Å². The van der Waals surface area contributed by atoms with Gasteiger partial charge in [-0.25, -0.2) is 4.79 Å². The third kappa shape index (κ3) is 3.20. The lowest BCUT2D eigenvalue weighted by molar-refractivity contribution is -0.132. The molecule has 0 aromatic heterocycles. The number of likely N-dealkylation sites (tertiary alicyclic amines) is 1. The number of amides is 1. The normalized spacial score (nSPS) is 18.8. The first-order chi connectivity index (χ1) is 6.59. The SMILES string of the molecule is CC1CCN(C(=O)C=CC(=O)O)CC1. The Morgan fingerprint density at radius 3 is 2.36 bits per heavy atom. The molecule has 0 atom stereocenters. The van der Waals surface area contributed by atoms with E-state index >= 15 is 0 Å². The number of carboxylic acid groups (broad SMARTS) is 1. The molecule has 14 heavy (non-hydrogen) atoms. The van der Waals surface area contributed by atoms with E-state index in [1.807, 2.05) is 0 Å². The highest BCUT2D eigenvalue weighted by Gasteiger charge is 2.18. The zero-order valence-electron chi connectivity index (χ0n) is 8.27. The third-order valence-electron chi connectivity index (χ3n) is 2.46. The second-order valence-corrected chi connectivity index (χ2v) is 3.68. The minimum atomic E-state index is -1.08. The van der Waals surface area contributed by atoms with Crippen molar-refractivity contribution in [2.45, 2.75) is 19.8 Å². The number of hydrogen-bond donors (Lipinski definition) is 1. The molecule has 0 bridgehead atoms. The Balaban J connectivity index is 2.42. The average Bonchev–Trinajstić information content (AvgIpc) is 2.15. The van der Waals surface area contributed by atoms with Gasteiger partial charge in [-0.2, -0.15) is 0 Å². The summed E-state index contributed by atoms with van der Waals surface area (Å²) in [6.07, 6.45) is 4.03. The summed E-state index contributed by atoms with van der Waals surface area (Å²) >= 11 is 0. The molecule has 0 aromatic rings. The Kier molecular flexibility index (Phi) is 3.68.